The molecular formula is C12H11ClN4O2S. The van der Waals surface area contributed by atoms with Crippen LogP contribution in [0.5, 0.6) is 0 Å². The molecule has 0 radical (unpaired) electrons. The first-order valence-corrected chi connectivity index (χ1v) is 7.64. The lowest BCUT2D eigenvalue weighted by molar-refractivity contribution is 0.312. The van der Waals surface area contributed by atoms with Gasteiger partial charge < -0.3 is 5.32 Å². The average molecular weight is 311 g/mol. The Labute approximate surface area is 122 Å². The Morgan fingerprint density at radius 2 is 2.15 bits per heavy atom. The lowest BCUT2D eigenvalue weighted by atomic mass is 10.2. The third-order valence-corrected chi connectivity index (χ3v) is 5.18. The van der Waals surface area contributed by atoms with Crippen molar-refractivity contribution in [3.63, 3.8) is 0 Å². The van der Waals surface area contributed by atoms with Gasteiger partial charge in [0.1, 0.15) is 17.0 Å². The van der Waals surface area contributed by atoms with Crippen LogP contribution in [0.3, 0.4) is 0 Å². The molecule has 20 heavy (non-hydrogen) atoms. The molecule has 1 aromatic rings. The van der Waals surface area contributed by atoms with Gasteiger partial charge in [-0.25, -0.2) is 8.42 Å². The standard InChI is InChI=1S/C12H11ClN4O2S/c13-10-2-1-9(6-14)12(5-10)20(18,19)17-4-3-16-8-11(17)7-15/h1-2,5,11,16H,3-4,8H2. The fraction of sp³-hybridized carbons (Fsp3) is 0.333. The number of nitrogens with zero attached hydrogens (tertiary/aromatic N) is 3. The first kappa shape index (κ1) is 14.8. The van der Waals surface area contributed by atoms with Gasteiger partial charge in [0.2, 0.25) is 10.0 Å². The van der Waals surface area contributed by atoms with Crippen molar-refractivity contribution in [2.24, 2.45) is 0 Å². The van der Waals surface area contributed by atoms with Crippen molar-refractivity contribution in [1.82, 2.24) is 9.62 Å². The van der Waals surface area contributed by atoms with Crippen LogP contribution in [0.4, 0.5) is 0 Å². The monoisotopic (exact) mass is 310 g/mol. The first-order chi connectivity index (χ1) is 9.50. The Bertz CT molecular complexity index is 705. The highest BCUT2D eigenvalue weighted by Crippen LogP contribution is 2.25. The number of nitriles is 2. The van der Waals surface area contributed by atoms with Gasteiger partial charge in [0.05, 0.1) is 11.6 Å². The van der Waals surface area contributed by atoms with Crippen LogP contribution in [0.15, 0.2) is 23.1 Å². The summed E-state index contributed by atoms with van der Waals surface area (Å²) in [4.78, 5) is -0.158. The van der Waals surface area contributed by atoms with E-state index in [1.807, 2.05) is 12.1 Å². The molecule has 2 rings (SSSR count). The zero-order valence-electron chi connectivity index (χ0n) is 10.4. The summed E-state index contributed by atoms with van der Waals surface area (Å²) in [6.45, 7) is 0.899. The van der Waals surface area contributed by atoms with Gasteiger partial charge in [0.25, 0.3) is 0 Å². The minimum atomic E-state index is -3.92. The zero-order valence-corrected chi connectivity index (χ0v) is 11.9. The summed E-state index contributed by atoms with van der Waals surface area (Å²) >= 11 is 5.82. The minimum absolute atomic E-state index is 0.0182. The lowest BCUT2D eigenvalue weighted by Crippen LogP contribution is -2.52. The number of benzene rings is 1. The molecule has 1 N–H and O–H groups in total. The molecule has 0 spiro atoms. The highest BCUT2D eigenvalue weighted by Gasteiger charge is 2.35. The van der Waals surface area contributed by atoms with Crippen LogP contribution in [-0.2, 0) is 10.0 Å². The van der Waals surface area contributed by atoms with Gasteiger partial charge in [-0.05, 0) is 18.2 Å². The second-order valence-electron chi connectivity index (χ2n) is 4.22. The van der Waals surface area contributed by atoms with Crippen LogP contribution in [-0.4, -0.2) is 38.4 Å². The molecule has 1 fully saturated rings. The Morgan fingerprint density at radius 3 is 2.80 bits per heavy atom. The molecule has 1 aliphatic heterocycles. The van der Waals surface area contributed by atoms with Crippen molar-refractivity contribution >= 4 is 21.6 Å². The van der Waals surface area contributed by atoms with E-state index in [2.05, 4.69) is 5.32 Å². The summed E-state index contributed by atoms with van der Waals surface area (Å²) < 4.78 is 26.4. The first-order valence-electron chi connectivity index (χ1n) is 5.82. The van der Waals surface area contributed by atoms with E-state index in [4.69, 9.17) is 22.1 Å². The second-order valence-corrected chi connectivity index (χ2v) is 6.51. The van der Waals surface area contributed by atoms with Gasteiger partial charge in [-0.15, -0.1) is 0 Å². The van der Waals surface area contributed by atoms with Crippen molar-refractivity contribution in [3.8, 4) is 12.1 Å². The van der Waals surface area contributed by atoms with Gasteiger partial charge in [-0.1, -0.05) is 11.6 Å². The number of hydrogen-bond donors (Lipinski definition) is 1. The van der Waals surface area contributed by atoms with Gasteiger partial charge in [-0.2, -0.15) is 14.8 Å². The Balaban J connectivity index is 2.53. The van der Waals surface area contributed by atoms with E-state index < -0.39 is 16.1 Å². The molecule has 1 aliphatic rings. The summed E-state index contributed by atoms with van der Waals surface area (Å²) in [5.74, 6) is 0. The maximum Gasteiger partial charge on any atom is 0.245 e. The third-order valence-electron chi connectivity index (χ3n) is 2.99. The number of nitrogens with one attached hydrogen (secondary N) is 1. The molecule has 104 valence electrons. The van der Waals surface area contributed by atoms with E-state index in [0.717, 1.165) is 4.31 Å². The fourth-order valence-corrected chi connectivity index (χ4v) is 3.96. The smallest absolute Gasteiger partial charge is 0.245 e. The summed E-state index contributed by atoms with van der Waals surface area (Å²) in [5.41, 5.74) is 0.0182. The van der Waals surface area contributed by atoms with Crippen molar-refractivity contribution in [3.05, 3.63) is 28.8 Å². The topological polar surface area (TPSA) is 97.0 Å². The molecule has 1 unspecified atom stereocenters. The van der Waals surface area contributed by atoms with Crippen molar-refractivity contribution in [2.75, 3.05) is 19.6 Å². The van der Waals surface area contributed by atoms with Crippen LogP contribution in [0.1, 0.15) is 5.56 Å². The molecule has 0 bridgehead atoms. The predicted octanol–water partition coefficient (Wildman–Crippen LogP) is 0.698. The SMILES string of the molecule is N#Cc1ccc(Cl)cc1S(=O)(=O)N1CCNCC1C#N. The molecular weight excluding hydrogens is 300 g/mol. The molecule has 0 saturated carbocycles. The summed E-state index contributed by atoms with van der Waals surface area (Å²) in [7, 11) is -3.92. The van der Waals surface area contributed by atoms with Crippen LogP contribution in [0.2, 0.25) is 5.02 Å². The minimum Gasteiger partial charge on any atom is -0.313 e. The third kappa shape index (κ3) is 2.62. The molecule has 1 saturated heterocycles. The van der Waals surface area contributed by atoms with Gasteiger partial charge in [0.15, 0.2) is 0 Å². The Kier molecular flexibility index (Phi) is 4.26. The van der Waals surface area contributed by atoms with E-state index in [-0.39, 0.29) is 28.6 Å². The van der Waals surface area contributed by atoms with Crippen LogP contribution in [0, 0.1) is 22.7 Å². The van der Waals surface area contributed by atoms with Crippen molar-refractivity contribution < 1.29 is 8.42 Å². The van der Waals surface area contributed by atoms with E-state index in [9.17, 15) is 8.42 Å². The van der Waals surface area contributed by atoms with E-state index in [0.29, 0.717) is 6.54 Å². The summed E-state index contributed by atoms with van der Waals surface area (Å²) in [6.07, 6.45) is 0. The average Bonchev–Trinajstić information content (AvgIpc) is 2.47. The lowest BCUT2D eigenvalue weighted by Gasteiger charge is -2.31. The molecule has 0 amide bonds. The van der Waals surface area contributed by atoms with Crippen LogP contribution < -0.4 is 5.32 Å². The maximum absolute atomic E-state index is 12.6. The predicted molar refractivity (Wildman–Crippen MR) is 72.3 cm³/mol. The molecule has 1 aromatic carbocycles. The van der Waals surface area contributed by atoms with Gasteiger partial charge >= 0.3 is 0 Å². The van der Waals surface area contributed by atoms with E-state index >= 15 is 0 Å². The second kappa shape index (κ2) is 5.78. The Morgan fingerprint density at radius 1 is 1.40 bits per heavy atom. The highest BCUT2D eigenvalue weighted by atomic mass is 35.5. The molecule has 1 atom stereocenters. The summed E-state index contributed by atoms with van der Waals surface area (Å²) in [6, 6.07) is 7.05. The summed E-state index contributed by atoms with van der Waals surface area (Å²) in [5, 5.41) is 21.3. The van der Waals surface area contributed by atoms with E-state index in [1.54, 1.807) is 0 Å². The largest absolute Gasteiger partial charge is 0.313 e. The molecule has 1 heterocycles. The van der Waals surface area contributed by atoms with Gasteiger partial charge in [-0.3, -0.25) is 0 Å². The molecule has 6 nitrogen and oxygen atoms in total. The zero-order chi connectivity index (χ0) is 14.8. The van der Waals surface area contributed by atoms with Crippen molar-refractivity contribution in [1.29, 1.82) is 10.5 Å². The van der Waals surface area contributed by atoms with E-state index in [1.165, 1.54) is 18.2 Å². The van der Waals surface area contributed by atoms with Crippen LogP contribution in [0.25, 0.3) is 0 Å². The van der Waals surface area contributed by atoms with Crippen molar-refractivity contribution in [2.45, 2.75) is 10.9 Å². The molecule has 8 heteroatoms. The number of piperazine rings is 1. The molecule has 0 aromatic heterocycles. The number of hydrogen-bond acceptors (Lipinski definition) is 5. The maximum atomic E-state index is 12.6. The highest BCUT2D eigenvalue weighted by molar-refractivity contribution is 7.89. The van der Waals surface area contributed by atoms with Crippen LogP contribution >= 0.6 is 11.6 Å². The number of halogens is 1. The normalized spacial score (nSPS) is 20.1. The number of rotatable bonds is 2. The quantitative estimate of drug-likeness (QED) is 0.867. The fourth-order valence-electron chi connectivity index (χ4n) is 2.01. The van der Waals surface area contributed by atoms with Gasteiger partial charge in [0, 0.05) is 24.7 Å². The number of sulfonamides is 1. The Hall–Kier alpha value is -1.64. The molecule has 0 aliphatic carbocycles.